The van der Waals surface area contributed by atoms with Gasteiger partial charge in [0.1, 0.15) is 0 Å². The summed E-state index contributed by atoms with van der Waals surface area (Å²) in [5, 5.41) is 2.74. The lowest BCUT2D eigenvalue weighted by Gasteiger charge is -2.13. The van der Waals surface area contributed by atoms with Crippen molar-refractivity contribution in [1.29, 1.82) is 0 Å². The van der Waals surface area contributed by atoms with Gasteiger partial charge in [0.15, 0.2) is 0 Å². The zero-order chi connectivity index (χ0) is 12.3. The van der Waals surface area contributed by atoms with E-state index in [4.69, 9.17) is 5.73 Å². The van der Waals surface area contributed by atoms with Crippen molar-refractivity contribution in [2.45, 2.75) is 19.1 Å². The van der Waals surface area contributed by atoms with Crippen LogP contribution in [-0.2, 0) is 4.79 Å². The number of benzene rings is 1. The molecule has 3 N–H and O–H groups in total. The number of nitrogens with one attached hydrogen (secondary N) is 1. The first kappa shape index (κ1) is 16.6. The molecule has 0 spiro atoms. The number of thioether (sulfide) groups is 1. The Morgan fingerprint density at radius 3 is 2.65 bits per heavy atom. The molecule has 0 bridgehead atoms. The maximum Gasteiger partial charge on any atom is 0.237 e. The number of nitrogens with two attached hydrogens (primary N) is 1. The van der Waals surface area contributed by atoms with Gasteiger partial charge in [-0.2, -0.15) is 11.8 Å². The second-order valence-corrected chi connectivity index (χ2v) is 5.65. The Balaban J connectivity index is 0.00000256. The van der Waals surface area contributed by atoms with Gasteiger partial charge in [0.2, 0.25) is 5.91 Å². The summed E-state index contributed by atoms with van der Waals surface area (Å²) in [6.07, 6.45) is 1.90. The molecule has 0 aliphatic heterocycles. The highest BCUT2D eigenvalue weighted by Gasteiger charge is 2.13. The van der Waals surface area contributed by atoms with E-state index in [-0.39, 0.29) is 23.6 Å². The first-order valence-electron chi connectivity index (χ1n) is 4.85. The maximum atomic E-state index is 11.7. The summed E-state index contributed by atoms with van der Waals surface area (Å²) in [5.41, 5.74) is 8.13. The Morgan fingerprint density at radius 2 is 2.12 bits per heavy atom. The van der Waals surface area contributed by atoms with Gasteiger partial charge < -0.3 is 11.1 Å². The monoisotopic (exact) mass is 338 g/mol. The molecule has 0 fully saturated rings. The predicted molar refractivity (Wildman–Crippen MR) is 82.1 cm³/mol. The van der Waals surface area contributed by atoms with Crippen molar-refractivity contribution >= 4 is 57.4 Å². The lowest BCUT2D eigenvalue weighted by molar-refractivity contribution is -0.115. The van der Waals surface area contributed by atoms with Crippen LogP contribution in [0, 0.1) is 6.92 Å². The zero-order valence-corrected chi connectivity index (χ0v) is 13.1. The average Bonchev–Trinajstić information content (AvgIpc) is 2.23. The lowest BCUT2D eigenvalue weighted by atomic mass is 10.1. The molecule has 1 aromatic carbocycles. The third kappa shape index (κ3) is 4.41. The van der Waals surface area contributed by atoms with E-state index in [0.29, 0.717) is 11.4 Å². The molecule has 17 heavy (non-hydrogen) atoms. The van der Waals surface area contributed by atoms with Gasteiger partial charge >= 0.3 is 0 Å². The molecule has 96 valence electrons. The summed E-state index contributed by atoms with van der Waals surface area (Å²) in [4.78, 5) is 11.7. The molecule has 1 unspecified atom stereocenters. The predicted octanol–water partition coefficient (Wildman–Crippen LogP) is 3.45. The standard InChI is InChI=1S/C11H15BrN2OS.ClH/c1-6-4-8(12)5-9(10(6)13)14-11(15)7(2)16-3;/h4-5,7H,13H2,1-3H3,(H,14,15);1H. The van der Waals surface area contributed by atoms with Gasteiger partial charge in [0, 0.05) is 4.47 Å². The molecule has 1 aromatic rings. The zero-order valence-electron chi connectivity index (χ0n) is 9.91. The van der Waals surface area contributed by atoms with Crippen LogP contribution in [0.3, 0.4) is 0 Å². The van der Waals surface area contributed by atoms with Crippen LogP contribution in [0.5, 0.6) is 0 Å². The normalized spacial score (nSPS) is 11.5. The Bertz CT molecular complexity index is 415. The molecule has 0 aliphatic carbocycles. The minimum absolute atomic E-state index is 0. The first-order chi connectivity index (χ1) is 7.45. The third-order valence-corrected chi connectivity index (χ3v) is 3.71. The van der Waals surface area contributed by atoms with Gasteiger partial charge in [-0.1, -0.05) is 15.9 Å². The van der Waals surface area contributed by atoms with Gasteiger partial charge in [-0.05, 0) is 37.8 Å². The number of hydrogen-bond acceptors (Lipinski definition) is 3. The topological polar surface area (TPSA) is 55.1 Å². The van der Waals surface area contributed by atoms with E-state index < -0.39 is 0 Å². The van der Waals surface area contributed by atoms with Crippen LogP contribution in [0.25, 0.3) is 0 Å². The van der Waals surface area contributed by atoms with Crippen molar-refractivity contribution < 1.29 is 4.79 Å². The number of carbonyl (C=O) groups excluding carboxylic acids is 1. The van der Waals surface area contributed by atoms with E-state index in [1.807, 2.05) is 32.2 Å². The highest BCUT2D eigenvalue weighted by atomic mass is 79.9. The van der Waals surface area contributed by atoms with Crippen LogP contribution in [-0.4, -0.2) is 17.4 Å². The van der Waals surface area contributed by atoms with Crippen molar-refractivity contribution in [3.63, 3.8) is 0 Å². The van der Waals surface area contributed by atoms with Crippen LogP contribution in [0.4, 0.5) is 11.4 Å². The molecule has 0 radical (unpaired) electrons. The van der Waals surface area contributed by atoms with Crippen LogP contribution >= 0.6 is 40.1 Å². The molecule has 0 heterocycles. The largest absolute Gasteiger partial charge is 0.397 e. The minimum Gasteiger partial charge on any atom is -0.397 e. The van der Waals surface area contributed by atoms with Gasteiger partial charge in [-0.3, -0.25) is 4.79 Å². The lowest BCUT2D eigenvalue weighted by Crippen LogP contribution is -2.22. The first-order valence-corrected chi connectivity index (χ1v) is 6.93. The van der Waals surface area contributed by atoms with Crippen molar-refractivity contribution in [3.05, 3.63) is 22.2 Å². The Labute approximate surface area is 120 Å². The second kappa shape index (κ2) is 7.13. The number of anilines is 2. The average molecular weight is 340 g/mol. The molecule has 3 nitrogen and oxygen atoms in total. The molecule has 1 atom stereocenters. The summed E-state index contributed by atoms with van der Waals surface area (Å²) in [7, 11) is 0. The van der Waals surface area contributed by atoms with E-state index >= 15 is 0 Å². The summed E-state index contributed by atoms with van der Waals surface area (Å²) in [6, 6.07) is 3.73. The summed E-state index contributed by atoms with van der Waals surface area (Å²) in [5.74, 6) is -0.0308. The van der Waals surface area contributed by atoms with Gasteiger partial charge in [0.25, 0.3) is 0 Å². The Kier molecular flexibility index (Phi) is 6.97. The molecule has 1 rings (SSSR count). The molecular formula is C11H16BrClN2OS. The van der Waals surface area contributed by atoms with E-state index in [1.165, 1.54) is 11.8 Å². The van der Waals surface area contributed by atoms with Crippen molar-refractivity contribution in [3.8, 4) is 0 Å². The number of nitrogen functional groups attached to an aromatic ring is 1. The number of hydrogen-bond donors (Lipinski definition) is 2. The van der Waals surface area contributed by atoms with Crippen molar-refractivity contribution in [2.75, 3.05) is 17.3 Å². The summed E-state index contributed by atoms with van der Waals surface area (Å²) < 4.78 is 0.909. The van der Waals surface area contributed by atoms with Crippen LogP contribution in [0.2, 0.25) is 0 Å². The number of aryl methyl sites for hydroxylation is 1. The molecule has 6 heteroatoms. The molecular weight excluding hydrogens is 324 g/mol. The SMILES string of the molecule is CSC(C)C(=O)Nc1cc(Br)cc(C)c1N.Cl. The van der Waals surface area contributed by atoms with Crippen molar-refractivity contribution in [2.24, 2.45) is 0 Å². The third-order valence-electron chi connectivity index (χ3n) is 2.33. The summed E-state index contributed by atoms with van der Waals surface area (Å²) >= 11 is 4.88. The molecule has 0 saturated heterocycles. The molecule has 0 aromatic heterocycles. The number of halogens is 2. The number of amides is 1. The van der Waals surface area contributed by atoms with Crippen LogP contribution in [0.1, 0.15) is 12.5 Å². The van der Waals surface area contributed by atoms with E-state index in [0.717, 1.165) is 10.0 Å². The smallest absolute Gasteiger partial charge is 0.237 e. The maximum absolute atomic E-state index is 11.7. The van der Waals surface area contributed by atoms with Crippen molar-refractivity contribution in [1.82, 2.24) is 0 Å². The van der Waals surface area contributed by atoms with Gasteiger partial charge in [-0.15, -0.1) is 12.4 Å². The molecule has 1 amide bonds. The van der Waals surface area contributed by atoms with Crippen LogP contribution < -0.4 is 11.1 Å². The minimum atomic E-state index is -0.0845. The molecule has 0 aliphatic rings. The van der Waals surface area contributed by atoms with Crippen LogP contribution in [0.15, 0.2) is 16.6 Å². The quantitative estimate of drug-likeness (QED) is 0.829. The number of rotatable bonds is 3. The number of carbonyl (C=O) groups is 1. The highest BCUT2D eigenvalue weighted by molar-refractivity contribution is 9.10. The van der Waals surface area contributed by atoms with E-state index in [1.54, 1.807) is 0 Å². The fourth-order valence-corrected chi connectivity index (χ4v) is 2.04. The second-order valence-electron chi connectivity index (χ2n) is 3.55. The fraction of sp³-hybridized carbons (Fsp3) is 0.364. The highest BCUT2D eigenvalue weighted by Crippen LogP contribution is 2.28. The molecule has 0 saturated carbocycles. The van der Waals surface area contributed by atoms with E-state index in [9.17, 15) is 4.79 Å². The van der Waals surface area contributed by atoms with E-state index in [2.05, 4.69) is 21.2 Å². The van der Waals surface area contributed by atoms with Gasteiger partial charge in [-0.25, -0.2) is 0 Å². The van der Waals surface area contributed by atoms with Gasteiger partial charge in [0.05, 0.1) is 16.6 Å². The Hall–Kier alpha value is -0.390. The Morgan fingerprint density at radius 1 is 1.53 bits per heavy atom. The fourth-order valence-electron chi connectivity index (χ4n) is 1.20. The summed E-state index contributed by atoms with van der Waals surface area (Å²) in [6.45, 7) is 3.77.